The van der Waals surface area contributed by atoms with Crippen molar-refractivity contribution in [3.63, 3.8) is 0 Å². The highest BCUT2D eigenvalue weighted by atomic mass is 35.5. The molecule has 1 rings (SSSR count). The molecule has 2 nitrogen and oxygen atoms in total. The fourth-order valence-electron chi connectivity index (χ4n) is 1.81. The maximum absolute atomic E-state index is 11.0. The summed E-state index contributed by atoms with van der Waals surface area (Å²) in [5, 5.41) is 0. The van der Waals surface area contributed by atoms with Crippen LogP contribution in [0.2, 0.25) is 0 Å². The van der Waals surface area contributed by atoms with Gasteiger partial charge < -0.3 is 4.74 Å². The molecule has 1 heterocycles. The van der Waals surface area contributed by atoms with Crippen LogP contribution < -0.4 is 0 Å². The Bertz CT molecular complexity index is 342. The molecule has 0 aromatic carbocycles. The average molecular weight is 269 g/mol. The molecule has 0 radical (unpaired) electrons. The molecule has 0 N–H and O–H groups in total. The van der Waals surface area contributed by atoms with Crippen LogP contribution in [-0.2, 0) is 9.53 Å². The fraction of sp³-hybridized carbons (Fsp3) is 0.533. The molecule has 1 aliphatic rings. The third-order valence-electron chi connectivity index (χ3n) is 2.88. The number of esters is 1. The summed E-state index contributed by atoms with van der Waals surface area (Å²) in [5.41, 5.74) is 2.80. The highest BCUT2D eigenvalue weighted by Gasteiger charge is 2.14. The van der Waals surface area contributed by atoms with E-state index in [1.165, 1.54) is 11.6 Å². The van der Waals surface area contributed by atoms with Gasteiger partial charge in [-0.05, 0) is 39.0 Å². The minimum Gasteiger partial charge on any atom is -0.459 e. The Labute approximate surface area is 114 Å². The number of allylic oxidation sites excluding steroid dienone is 3. The number of hydrogen-bond donors (Lipinski definition) is 0. The van der Waals surface area contributed by atoms with Gasteiger partial charge in [-0.25, -0.2) is 4.79 Å². The average Bonchev–Trinajstić information content (AvgIpc) is 2.37. The number of ether oxygens (including phenoxy) is 1. The first-order valence-corrected chi connectivity index (χ1v) is 6.94. The maximum Gasteiger partial charge on any atom is 0.330 e. The number of rotatable bonds is 7. The number of carbonyl (C=O) groups is 1. The first-order chi connectivity index (χ1) is 8.72. The van der Waals surface area contributed by atoms with Crippen molar-refractivity contribution in [2.75, 3.05) is 0 Å². The van der Waals surface area contributed by atoms with Crippen LogP contribution in [0.25, 0.3) is 0 Å². The van der Waals surface area contributed by atoms with Gasteiger partial charge in [-0.1, -0.05) is 35.4 Å². The van der Waals surface area contributed by atoms with E-state index in [0.29, 0.717) is 0 Å². The number of unbranched alkanes of at least 4 members (excludes halogenated alkanes) is 2. The monoisotopic (exact) mass is 268 g/mol. The highest BCUT2D eigenvalue weighted by molar-refractivity contribution is 6.25. The van der Waals surface area contributed by atoms with Crippen molar-refractivity contribution in [1.82, 2.24) is 0 Å². The summed E-state index contributed by atoms with van der Waals surface area (Å²) in [7, 11) is 0. The first-order valence-electron chi connectivity index (χ1n) is 6.50. The molecule has 0 fully saturated rings. The summed E-state index contributed by atoms with van der Waals surface area (Å²) < 4.78 is 5.19. The molecule has 0 amide bonds. The molecule has 1 aliphatic heterocycles. The first kappa shape index (κ1) is 15.0. The second kappa shape index (κ2) is 8.98. The lowest BCUT2D eigenvalue weighted by Gasteiger charge is -2.18. The van der Waals surface area contributed by atoms with Crippen molar-refractivity contribution in [2.45, 2.75) is 51.6 Å². The van der Waals surface area contributed by atoms with E-state index in [4.69, 9.17) is 16.3 Å². The molecular weight excluding hydrogens is 248 g/mol. The fourth-order valence-corrected chi connectivity index (χ4v) is 1.90. The van der Waals surface area contributed by atoms with Gasteiger partial charge in [0.25, 0.3) is 0 Å². The van der Waals surface area contributed by atoms with Crippen molar-refractivity contribution < 1.29 is 9.53 Å². The molecule has 100 valence electrons. The minimum absolute atomic E-state index is 0.0907. The Morgan fingerprint density at radius 3 is 3.06 bits per heavy atom. The molecule has 0 bridgehead atoms. The number of carbonyl (C=O) groups excluding carboxylic acids is 1. The topological polar surface area (TPSA) is 26.3 Å². The van der Waals surface area contributed by atoms with Crippen LogP contribution >= 0.6 is 11.6 Å². The third-order valence-corrected chi connectivity index (χ3v) is 3.25. The molecule has 0 saturated carbocycles. The molecular formula is C15H21ClO2. The molecule has 0 aromatic heterocycles. The second-order valence-electron chi connectivity index (χ2n) is 4.61. The third kappa shape index (κ3) is 6.65. The zero-order valence-electron chi connectivity index (χ0n) is 10.9. The van der Waals surface area contributed by atoms with E-state index < -0.39 is 0 Å². The number of cyclic esters (lactones) is 1. The van der Waals surface area contributed by atoms with Gasteiger partial charge in [0, 0.05) is 18.0 Å². The maximum atomic E-state index is 11.0. The van der Waals surface area contributed by atoms with Gasteiger partial charge in [0.2, 0.25) is 0 Å². The molecule has 0 aromatic rings. The van der Waals surface area contributed by atoms with E-state index in [1.54, 1.807) is 5.54 Å². The summed E-state index contributed by atoms with van der Waals surface area (Å²) in [6, 6.07) is 0. The Hall–Kier alpha value is -1.02. The van der Waals surface area contributed by atoms with Crippen LogP contribution in [0.1, 0.15) is 45.4 Å². The quantitative estimate of drug-likeness (QED) is 0.386. The smallest absolute Gasteiger partial charge is 0.330 e. The van der Waals surface area contributed by atoms with Crippen LogP contribution in [0.4, 0.5) is 0 Å². The second-order valence-corrected chi connectivity index (χ2v) is 4.83. The van der Waals surface area contributed by atoms with Crippen LogP contribution in [0, 0.1) is 0 Å². The Morgan fingerprint density at radius 1 is 1.50 bits per heavy atom. The predicted octanol–water partition coefficient (Wildman–Crippen LogP) is 4.51. The standard InChI is InChI=1S/C15H21ClO2/c1-13(12-16)8-5-3-2-4-6-9-14-10-7-11-15(17)18-14/h3,5,7,11-12,14H,2,4,6,8-10H2,1H3/b5-3+,13-12+/t14-/m0/s1. The minimum atomic E-state index is -0.200. The van der Waals surface area contributed by atoms with E-state index in [-0.39, 0.29) is 12.1 Å². The molecule has 0 saturated heterocycles. The SMILES string of the molecule is C/C(=C\Cl)C/C=C/CCCC[C@H]1CC=CC(=O)O1. The van der Waals surface area contributed by atoms with Gasteiger partial charge in [0.1, 0.15) is 6.10 Å². The van der Waals surface area contributed by atoms with Crippen molar-refractivity contribution in [2.24, 2.45) is 0 Å². The van der Waals surface area contributed by atoms with Gasteiger partial charge >= 0.3 is 5.97 Å². The van der Waals surface area contributed by atoms with Crippen LogP contribution in [0.3, 0.4) is 0 Å². The lowest BCUT2D eigenvalue weighted by Crippen LogP contribution is -2.19. The zero-order chi connectivity index (χ0) is 13.2. The van der Waals surface area contributed by atoms with Crippen LogP contribution in [0.5, 0.6) is 0 Å². The van der Waals surface area contributed by atoms with E-state index >= 15 is 0 Å². The van der Waals surface area contributed by atoms with Crippen molar-refractivity contribution >= 4 is 17.6 Å². The van der Waals surface area contributed by atoms with E-state index in [1.807, 2.05) is 13.0 Å². The molecule has 0 unspecified atom stereocenters. The predicted molar refractivity (Wildman–Crippen MR) is 75.5 cm³/mol. The van der Waals surface area contributed by atoms with Crippen molar-refractivity contribution in [3.8, 4) is 0 Å². The van der Waals surface area contributed by atoms with Crippen LogP contribution in [0.15, 0.2) is 35.4 Å². The Kier molecular flexibility index (Phi) is 7.51. The molecule has 0 spiro atoms. The lowest BCUT2D eigenvalue weighted by molar-refractivity contribution is -0.144. The molecule has 0 aliphatic carbocycles. The molecule has 1 atom stereocenters. The van der Waals surface area contributed by atoms with Gasteiger partial charge in [0.15, 0.2) is 0 Å². The van der Waals surface area contributed by atoms with E-state index in [2.05, 4.69) is 12.2 Å². The molecule has 3 heteroatoms. The summed E-state index contributed by atoms with van der Waals surface area (Å²) in [6.07, 6.45) is 13.9. The highest BCUT2D eigenvalue weighted by Crippen LogP contribution is 2.15. The van der Waals surface area contributed by atoms with Crippen molar-refractivity contribution in [1.29, 1.82) is 0 Å². The van der Waals surface area contributed by atoms with Gasteiger partial charge in [-0.15, -0.1) is 0 Å². The van der Waals surface area contributed by atoms with E-state index in [0.717, 1.165) is 38.5 Å². The van der Waals surface area contributed by atoms with Crippen molar-refractivity contribution in [3.05, 3.63) is 35.4 Å². The summed E-state index contributed by atoms with van der Waals surface area (Å²) in [4.78, 5) is 11.0. The Morgan fingerprint density at radius 2 is 2.33 bits per heavy atom. The van der Waals surface area contributed by atoms with Gasteiger partial charge in [0.05, 0.1) is 0 Å². The van der Waals surface area contributed by atoms with Gasteiger partial charge in [-0.3, -0.25) is 0 Å². The van der Waals surface area contributed by atoms with Crippen LogP contribution in [-0.4, -0.2) is 12.1 Å². The number of halogens is 1. The normalized spacial score (nSPS) is 20.4. The molecule has 18 heavy (non-hydrogen) atoms. The van der Waals surface area contributed by atoms with E-state index in [9.17, 15) is 4.79 Å². The Balaban J connectivity index is 2.02. The summed E-state index contributed by atoms with van der Waals surface area (Å²) >= 11 is 5.57. The largest absolute Gasteiger partial charge is 0.459 e. The van der Waals surface area contributed by atoms with Gasteiger partial charge in [-0.2, -0.15) is 0 Å². The number of hydrogen-bond acceptors (Lipinski definition) is 2. The summed E-state index contributed by atoms with van der Waals surface area (Å²) in [5.74, 6) is -0.200. The zero-order valence-corrected chi connectivity index (χ0v) is 11.7. The summed E-state index contributed by atoms with van der Waals surface area (Å²) in [6.45, 7) is 2.02. The lowest BCUT2D eigenvalue weighted by atomic mass is 10.1.